The Morgan fingerprint density at radius 2 is 1.25 bits per heavy atom. The number of rotatable bonds is 46. The van der Waals surface area contributed by atoms with Crippen molar-refractivity contribution in [1.29, 1.82) is 0 Å². The van der Waals surface area contributed by atoms with E-state index < -0.39 is 18.2 Å². The third-order valence-electron chi connectivity index (χ3n) is 18.5. The SMILES string of the molecule is C/C=C/C1=CN2C(=O)c3cc(OC)c(OCCCOc4cc5c(cc4OC)C(=O)CC/C=C(/C=C/C)C[C@H](C)[C@H](O)N5C(=O)OCc4ccc(CCCC(=O)[C@H](C)CCCC(=O)[C@@H](CCCC(=O)CCOCCOCCOCCOCCCCCC(=O)CI)C(C)C)cc4)cc3C/C=C/[C@@H]2C1. The standard InChI is InChI=1S/C81H111IN2O17/c1-9-20-61-24-16-32-74(89)70-52-76(94-8)78(100-40-19-39-99-77-50-64-25-17-26-65-49-63(21-10-2)55-83(65)80(91)69(64)51-75(77)93-7)53-71(70)84(79(90)59(6)48-61)81(92)101-56-62-35-33-60(34-36-62)23-15-30-72(87)58(5)22-14-31-73(88)68(57(3)4)29-18-28-66(85)37-41-96-43-45-98-47-46-97-44-42-95-38-13-11-12-27-67(86)54-82/h9-10,17,20-21,24,26,33-36,50-53,55,57-59,65,68,79,90H,11-16,18-19,22-23,25,27-32,37-49,54,56H2,1-8H3/b20-9+,21-10+,26-17+,61-24-/t58-,59+,65-,68+,79+/m1/s1. The molecule has 3 heterocycles. The Kier molecular flexibility index (Phi) is 37.9. The zero-order valence-corrected chi connectivity index (χ0v) is 63.2. The normalized spacial score (nSPS) is 17.8. The number of carbonyl (C=O) groups is 7. The molecule has 0 saturated carbocycles. The van der Waals surface area contributed by atoms with Gasteiger partial charge in [-0.1, -0.05) is 129 Å². The van der Waals surface area contributed by atoms with E-state index in [-0.39, 0.29) is 102 Å². The summed E-state index contributed by atoms with van der Waals surface area (Å²) in [6.07, 6.45) is 25.1. The summed E-state index contributed by atoms with van der Waals surface area (Å²) in [5.41, 5.74) is 5.36. The molecule has 101 heavy (non-hydrogen) atoms. The molecule has 0 spiro atoms. The molecule has 1 N–H and O–H groups in total. The molecule has 0 saturated heterocycles. The van der Waals surface area contributed by atoms with Crippen molar-refractivity contribution in [2.45, 2.75) is 189 Å². The number of aliphatic hydroxyl groups excluding tert-OH is 1. The molecule has 0 radical (unpaired) electrons. The Bertz CT molecular complexity index is 3300. The van der Waals surface area contributed by atoms with Gasteiger partial charge in [-0.2, -0.15) is 0 Å². The van der Waals surface area contributed by atoms with Gasteiger partial charge in [-0.25, -0.2) is 4.79 Å². The summed E-state index contributed by atoms with van der Waals surface area (Å²) < 4.78 is 53.0. The number of unbranched alkanes of at least 4 members (excludes halogenated alkanes) is 2. The largest absolute Gasteiger partial charge is 0.493 e. The van der Waals surface area contributed by atoms with Gasteiger partial charge in [0.2, 0.25) is 0 Å². The van der Waals surface area contributed by atoms with Gasteiger partial charge in [-0.15, -0.1) is 0 Å². The van der Waals surface area contributed by atoms with E-state index in [1.54, 1.807) is 30.2 Å². The highest BCUT2D eigenvalue weighted by Gasteiger charge is 2.35. The van der Waals surface area contributed by atoms with Gasteiger partial charge in [-0.05, 0) is 137 Å². The van der Waals surface area contributed by atoms with Crippen molar-refractivity contribution in [2.75, 3.05) is 89.6 Å². The van der Waals surface area contributed by atoms with Crippen LogP contribution in [0.3, 0.4) is 0 Å². The molecule has 3 aliphatic heterocycles. The van der Waals surface area contributed by atoms with Gasteiger partial charge in [0.1, 0.15) is 36.0 Å². The van der Waals surface area contributed by atoms with Gasteiger partial charge in [0.15, 0.2) is 28.8 Å². The van der Waals surface area contributed by atoms with E-state index in [0.29, 0.717) is 182 Å². The highest BCUT2D eigenvalue weighted by Crippen LogP contribution is 2.40. The monoisotopic (exact) mass is 1510 g/mol. The molecule has 554 valence electrons. The number of aryl methyl sites for hydroxylation is 1. The summed E-state index contributed by atoms with van der Waals surface area (Å²) in [6, 6.07) is 14.3. The summed E-state index contributed by atoms with van der Waals surface area (Å²) in [5, 5.41) is 12.2. The number of anilines is 1. The predicted octanol–water partition coefficient (Wildman–Crippen LogP) is 15.6. The molecule has 0 unspecified atom stereocenters. The summed E-state index contributed by atoms with van der Waals surface area (Å²) in [5.74, 6) is 1.11. The highest BCUT2D eigenvalue weighted by molar-refractivity contribution is 14.1. The number of allylic oxidation sites excluding steroid dienone is 7. The molecule has 0 bridgehead atoms. The van der Waals surface area contributed by atoms with E-state index in [1.807, 2.05) is 108 Å². The number of hydrogen-bond acceptors (Lipinski definition) is 17. The van der Waals surface area contributed by atoms with Crippen LogP contribution in [0.2, 0.25) is 0 Å². The van der Waals surface area contributed by atoms with Crippen LogP contribution in [0.1, 0.15) is 195 Å². The van der Waals surface area contributed by atoms with Crippen LogP contribution in [0, 0.1) is 23.7 Å². The number of benzene rings is 3. The number of ether oxygens (including phenoxy) is 9. The number of carbonyl (C=O) groups excluding carboxylic acids is 7. The lowest BCUT2D eigenvalue weighted by molar-refractivity contribution is -0.126. The second-order valence-corrected chi connectivity index (χ2v) is 27.4. The van der Waals surface area contributed by atoms with E-state index in [9.17, 15) is 38.7 Å². The molecule has 2 amide bonds. The van der Waals surface area contributed by atoms with Crippen molar-refractivity contribution in [3.05, 3.63) is 136 Å². The minimum absolute atomic E-state index is 0.0518. The first-order valence-electron chi connectivity index (χ1n) is 36.4. The first-order chi connectivity index (χ1) is 48.9. The van der Waals surface area contributed by atoms with Crippen molar-refractivity contribution in [1.82, 2.24) is 4.90 Å². The molecular weight excluding hydrogens is 1400 g/mol. The summed E-state index contributed by atoms with van der Waals surface area (Å²) in [4.78, 5) is 96.4. The lowest BCUT2D eigenvalue weighted by Crippen LogP contribution is -2.45. The Labute approximate surface area is 613 Å². The maximum Gasteiger partial charge on any atom is 0.416 e. The number of Topliss-reactive ketones (excluding diaryl/α,β-unsaturated/α-hetero) is 5. The van der Waals surface area contributed by atoms with Gasteiger partial charge in [0.05, 0.1) is 89.8 Å². The Morgan fingerprint density at radius 1 is 0.634 bits per heavy atom. The van der Waals surface area contributed by atoms with Crippen LogP contribution >= 0.6 is 22.6 Å². The van der Waals surface area contributed by atoms with Crippen molar-refractivity contribution in [2.24, 2.45) is 23.7 Å². The zero-order valence-electron chi connectivity index (χ0n) is 61.1. The van der Waals surface area contributed by atoms with Crippen LogP contribution in [0.15, 0.2) is 108 Å². The van der Waals surface area contributed by atoms with Crippen LogP contribution in [0.4, 0.5) is 10.5 Å². The van der Waals surface area contributed by atoms with E-state index in [1.165, 1.54) is 7.11 Å². The summed E-state index contributed by atoms with van der Waals surface area (Å²) in [7, 11) is 3.01. The van der Waals surface area contributed by atoms with Gasteiger partial charge >= 0.3 is 6.09 Å². The van der Waals surface area contributed by atoms with Crippen LogP contribution in [-0.2, 0) is 62.3 Å². The third-order valence-corrected chi connectivity index (χ3v) is 19.3. The first-order valence-corrected chi connectivity index (χ1v) is 38.0. The maximum atomic E-state index is 14.6. The molecule has 5 atom stereocenters. The Morgan fingerprint density at radius 3 is 1.91 bits per heavy atom. The van der Waals surface area contributed by atoms with Gasteiger partial charge < -0.3 is 52.6 Å². The zero-order chi connectivity index (χ0) is 72.9. The molecule has 20 heteroatoms. The minimum Gasteiger partial charge on any atom is -0.493 e. The van der Waals surface area contributed by atoms with Crippen LogP contribution in [0.5, 0.6) is 23.0 Å². The Balaban J connectivity index is 0.925. The number of fused-ring (bicyclic) bond motifs is 3. The number of hydrogen-bond donors (Lipinski definition) is 1. The molecule has 0 aliphatic carbocycles. The number of ketones is 5. The van der Waals surface area contributed by atoms with E-state index in [0.717, 1.165) is 52.9 Å². The van der Waals surface area contributed by atoms with E-state index >= 15 is 0 Å². The highest BCUT2D eigenvalue weighted by atomic mass is 127. The maximum absolute atomic E-state index is 14.6. The van der Waals surface area contributed by atoms with Crippen LogP contribution in [-0.4, -0.2) is 148 Å². The molecule has 19 nitrogen and oxygen atoms in total. The third kappa shape index (κ3) is 28.1. The number of amides is 2. The molecule has 0 fully saturated rings. The average molecular weight is 1510 g/mol. The van der Waals surface area contributed by atoms with Crippen LogP contribution < -0.4 is 23.8 Å². The molecular formula is C81H111IN2O17. The van der Waals surface area contributed by atoms with Gasteiger partial charge in [0, 0.05) is 92.7 Å². The fraction of sp³-hybridized carbons (Fsp3) is 0.568. The number of alkyl halides is 1. The number of halogens is 1. The second kappa shape index (κ2) is 46.0. The van der Waals surface area contributed by atoms with E-state index in [2.05, 4.69) is 34.7 Å². The van der Waals surface area contributed by atoms with Crippen molar-refractivity contribution >= 4 is 69.2 Å². The summed E-state index contributed by atoms with van der Waals surface area (Å²) >= 11 is 2.10. The molecule has 3 aromatic carbocycles. The molecule has 0 aromatic heterocycles. The smallest absolute Gasteiger partial charge is 0.416 e. The predicted molar refractivity (Wildman–Crippen MR) is 401 cm³/mol. The van der Waals surface area contributed by atoms with E-state index in [4.69, 9.17) is 42.6 Å². The van der Waals surface area contributed by atoms with Crippen molar-refractivity contribution in [3.8, 4) is 23.0 Å². The average Bonchev–Trinajstić information content (AvgIpc) is 1.76. The number of nitrogens with zero attached hydrogens (tertiary/aromatic N) is 2. The Hall–Kier alpha value is -6.82. The minimum atomic E-state index is -1.43. The fourth-order valence-corrected chi connectivity index (χ4v) is 13.1. The molecule has 3 aromatic rings. The number of methoxy groups -OCH3 is 2. The summed E-state index contributed by atoms with van der Waals surface area (Å²) in [6.45, 7) is 15.7. The fourth-order valence-electron chi connectivity index (χ4n) is 12.7. The first kappa shape index (κ1) is 83.1. The lowest BCUT2D eigenvalue weighted by Gasteiger charge is -2.33. The second-order valence-electron chi connectivity index (χ2n) is 26.7. The quantitative estimate of drug-likeness (QED) is 0.0240. The van der Waals surface area contributed by atoms with Crippen molar-refractivity contribution in [3.63, 3.8) is 0 Å². The lowest BCUT2D eigenvalue weighted by atomic mass is 9.84. The van der Waals surface area contributed by atoms with Gasteiger partial charge in [0.25, 0.3) is 5.91 Å². The molecule has 6 rings (SSSR count). The number of aliphatic hydroxyl groups is 1. The topological polar surface area (TPSA) is 229 Å². The van der Waals surface area contributed by atoms with Crippen molar-refractivity contribution < 1.29 is 81.3 Å². The van der Waals surface area contributed by atoms with Gasteiger partial charge in [-0.3, -0.25) is 33.7 Å². The molecule has 3 aliphatic rings. The van der Waals surface area contributed by atoms with Crippen LogP contribution in [0.25, 0.3) is 0 Å².